The maximum atomic E-state index is 12.5. The molecule has 0 radical (unpaired) electrons. The SMILES string of the molecule is Cc1cc(NS(=O)(=O)c2ccc(C(=O)O)cc2)ccc1-n1cccc1C(=O)O. The number of benzene rings is 2. The molecule has 0 fully saturated rings. The van der Waals surface area contributed by atoms with Crippen LogP contribution in [0.15, 0.2) is 65.7 Å². The topological polar surface area (TPSA) is 126 Å². The van der Waals surface area contributed by atoms with Crippen molar-refractivity contribution in [2.45, 2.75) is 11.8 Å². The summed E-state index contributed by atoms with van der Waals surface area (Å²) in [6, 6.07) is 12.7. The van der Waals surface area contributed by atoms with Crippen molar-refractivity contribution in [3.8, 4) is 5.69 Å². The summed E-state index contributed by atoms with van der Waals surface area (Å²) in [6.45, 7) is 1.74. The third-order valence-corrected chi connectivity index (χ3v) is 5.49. The summed E-state index contributed by atoms with van der Waals surface area (Å²) in [5.74, 6) is -2.21. The number of aromatic carboxylic acids is 2. The summed E-state index contributed by atoms with van der Waals surface area (Å²) in [4.78, 5) is 22.1. The van der Waals surface area contributed by atoms with E-state index in [0.29, 0.717) is 16.9 Å². The van der Waals surface area contributed by atoms with Gasteiger partial charge in [-0.1, -0.05) is 0 Å². The van der Waals surface area contributed by atoms with Crippen molar-refractivity contribution in [1.82, 2.24) is 4.57 Å². The molecule has 3 N–H and O–H groups in total. The number of rotatable bonds is 6. The molecule has 0 saturated carbocycles. The highest BCUT2D eigenvalue weighted by atomic mass is 32.2. The Morgan fingerprint density at radius 1 is 0.964 bits per heavy atom. The predicted octanol–water partition coefficient (Wildman–Crippen LogP) is 2.98. The second kappa shape index (κ2) is 7.20. The van der Waals surface area contributed by atoms with Crippen LogP contribution in [0, 0.1) is 6.92 Å². The number of aryl methyl sites for hydroxylation is 1. The predicted molar refractivity (Wildman–Crippen MR) is 102 cm³/mol. The Morgan fingerprint density at radius 2 is 1.64 bits per heavy atom. The molecule has 8 nitrogen and oxygen atoms in total. The van der Waals surface area contributed by atoms with Gasteiger partial charge in [0, 0.05) is 17.6 Å². The van der Waals surface area contributed by atoms with Crippen LogP contribution in [-0.2, 0) is 10.0 Å². The highest BCUT2D eigenvalue weighted by Gasteiger charge is 2.17. The second-order valence-corrected chi connectivity index (χ2v) is 7.69. The van der Waals surface area contributed by atoms with Gasteiger partial charge in [-0.2, -0.15) is 0 Å². The summed E-state index contributed by atoms with van der Waals surface area (Å²) in [5, 5.41) is 18.1. The molecule has 0 spiro atoms. The van der Waals surface area contributed by atoms with E-state index in [1.165, 1.54) is 41.0 Å². The largest absolute Gasteiger partial charge is 0.478 e. The number of carboxylic acid groups (broad SMARTS) is 2. The lowest BCUT2D eigenvalue weighted by Crippen LogP contribution is -2.14. The molecule has 0 unspecified atom stereocenters. The number of nitrogens with one attached hydrogen (secondary N) is 1. The van der Waals surface area contributed by atoms with Crippen molar-refractivity contribution < 1.29 is 28.2 Å². The molecule has 0 atom stereocenters. The lowest BCUT2D eigenvalue weighted by Gasteiger charge is -2.13. The highest BCUT2D eigenvalue weighted by molar-refractivity contribution is 7.92. The first-order valence-corrected chi connectivity index (χ1v) is 9.55. The zero-order chi connectivity index (χ0) is 20.5. The quantitative estimate of drug-likeness (QED) is 0.584. The lowest BCUT2D eigenvalue weighted by molar-refractivity contribution is 0.0681. The van der Waals surface area contributed by atoms with E-state index >= 15 is 0 Å². The molecule has 0 aliphatic heterocycles. The van der Waals surface area contributed by atoms with Crippen LogP contribution < -0.4 is 4.72 Å². The molecule has 0 aliphatic carbocycles. The average molecular weight is 400 g/mol. The second-order valence-electron chi connectivity index (χ2n) is 6.00. The summed E-state index contributed by atoms with van der Waals surface area (Å²) in [6.07, 6.45) is 1.61. The fourth-order valence-corrected chi connectivity index (χ4v) is 3.79. The van der Waals surface area contributed by atoms with Crippen molar-refractivity contribution in [3.63, 3.8) is 0 Å². The first-order chi connectivity index (χ1) is 13.2. The molecule has 0 amide bonds. The maximum Gasteiger partial charge on any atom is 0.352 e. The monoisotopic (exact) mass is 400 g/mol. The zero-order valence-corrected chi connectivity index (χ0v) is 15.5. The summed E-state index contributed by atoms with van der Waals surface area (Å²) >= 11 is 0. The Hall–Kier alpha value is -3.59. The first kappa shape index (κ1) is 19.2. The van der Waals surface area contributed by atoms with Gasteiger partial charge in [-0.3, -0.25) is 4.72 Å². The Balaban J connectivity index is 1.89. The fourth-order valence-electron chi connectivity index (χ4n) is 2.75. The Bertz CT molecular complexity index is 1160. The van der Waals surface area contributed by atoms with Gasteiger partial charge in [0.05, 0.1) is 10.5 Å². The number of carbonyl (C=O) groups is 2. The molecule has 28 heavy (non-hydrogen) atoms. The molecule has 9 heteroatoms. The molecular formula is C19H16N2O6S. The third-order valence-electron chi connectivity index (χ3n) is 4.09. The van der Waals surface area contributed by atoms with Crippen molar-refractivity contribution in [2.24, 2.45) is 0 Å². The molecule has 1 aromatic heterocycles. The van der Waals surface area contributed by atoms with Crippen molar-refractivity contribution in [2.75, 3.05) is 4.72 Å². The van der Waals surface area contributed by atoms with Gasteiger partial charge in [0.25, 0.3) is 10.0 Å². The first-order valence-electron chi connectivity index (χ1n) is 8.07. The van der Waals surface area contributed by atoms with Gasteiger partial charge in [0.1, 0.15) is 5.69 Å². The number of hydrogen-bond acceptors (Lipinski definition) is 4. The number of sulfonamides is 1. The third kappa shape index (κ3) is 3.74. The van der Waals surface area contributed by atoms with Gasteiger partial charge in [-0.25, -0.2) is 18.0 Å². The Morgan fingerprint density at radius 3 is 2.21 bits per heavy atom. The fraction of sp³-hybridized carbons (Fsp3) is 0.0526. The standard InChI is InChI=1S/C19H16N2O6S/c1-12-11-14(6-9-16(12)21-10-2-3-17(21)19(24)25)20-28(26,27)15-7-4-13(5-8-15)18(22)23/h2-11,20H,1H3,(H,22,23)(H,24,25). The number of carboxylic acids is 2. The minimum absolute atomic E-state index is 0.0138. The van der Waals surface area contributed by atoms with E-state index in [9.17, 15) is 23.1 Å². The molecule has 3 aromatic rings. The Labute approximate surface area is 160 Å². The van der Waals surface area contributed by atoms with E-state index in [2.05, 4.69) is 4.72 Å². The van der Waals surface area contributed by atoms with Gasteiger partial charge in [-0.15, -0.1) is 0 Å². The number of anilines is 1. The van der Waals surface area contributed by atoms with Crippen LogP contribution in [0.25, 0.3) is 5.69 Å². The molecule has 3 rings (SSSR count). The van der Waals surface area contributed by atoms with E-state index in [-0.39, 0.29) is 16.2 Å². The summed E-state index contributed by atoms with van der Waals surface area (Å²) in [5.41, 5.74) is 1.65. The van der Waals surface area contributed by atoms with Crippen molar-refractivity contribution in [3.05, 3.63) is 77.6 Å². The van der Waals surface area contributed by atoms with Gasteiger partial charge >= 0.3 is 11.9 Å². The van der Waals surface area contributed by atoms with Crippen LogP contribution >= 0.6 is 0 Å². The molecule has 0 saturated heterocycles. The van der Waals surface area contributed by atoms with Crippen molar-refractivity contribution in [1.29, 1.82) is 0 Å². The van der Waals surface area contributed by atoms with Crippen LogP contribution in [0.5, 0.6) is 0 Å². The van der Waals surface area contributed by atoms with Crippen LogP contribution in [-0.4, -0.2) is 35.1 Å². The molecule has 144 valence electrons. The maximum absolute atomic E-state index is 12.5. The van der Waals surface area contributed by atoms with E-state index < -0.39 is 22.0 Å². The number of nitrogens with zero attached hydrogens (tertiary/aromatic N) is 1. The highest BCUT2D eigenvalue weighted by Crippen LogP contribution is 2.23. The average Bonchev–Trinajstić information content (AvgIpc) is 3.11. The summed E-state index contributed by atoms with van der Waals surface area (Å²) in [7, 11) is -3.90. The number of aromatic nitrogens is 1. The van der Waals surface area contributed by atoms with E-state index in [0.717, 1.165) is 0 Å². The normalized spacial score (nSPS) is 11.2. The molecule has 0 bridgehead atoms. The van der Waals surface area contributed by atoms with Gasteiger partial charge in [0.15, 0.2) is 0 Å². The summed E-state index contributed by atoms with van der Waals surface area (Å²) < 4.78 is 29.0. The molecular weight excluding hydrogens is 384 g/mol. The van der Waals surface area contributed by atoms with Crippen LogP contribution in [0.2, 0.25) is 0 Å². The molecule has 1 heterocycles. The Kier molecular flexibility index (Phi) is 4.93. The molecule has 0 aliphatic rings. The van der Waals surface area contributed by atoms with Gasteiger partial charge < -0.3 is 14.8 Å². The van der Waals surface area contributed by atoms with E-state index in [4.69, 9.17) is 5.11 Å². The van der Waals surface area contributed by atoms with E-state index in [1.54, 1.807) is 31.3 Å². The van der Waals surface area contributed by atoms with E-state index in [1.807, 2.05) is 0 Å². The minimum Gasteiger partial charge on any atom is -0.478 e. The zero-order valence-electron chi connectivity index (χ0n) is 14.7. The lowest BCUT2D eigenvalue weighted by atomic mass is 10.1. The van der Waals surface area contributed by atoms with Crippen LogP contribution in [0.1, 0.15) is 26.4 Å². The number of hydrogen-bond donors (Lipinski definition) is 3. The smallest absolute Gasteiger partial charge is 0.352 e. The van der Waals surface area contributed by atoms with Gasteiger partial charge in [-0.05, 0) is 67.1 Å². The van der Waals surface area contributed by atoms with Crippen LogP contribution in [0.4, 0.5) is 5.69 Å². The minimum atomic E-state index is -3.90. The van der Waals surface area contributed by atoms with Gasteiger partial charge in [0.2, 0.25) is 0 Å². The molecule has 2 aromatic carbocycles. The van der Waals surface area contributed by atoms with Crippen molar-refractivity contribution >= 4 is 27.6 Å². The van der Waals surface area contributed by atoms with Crippen LogP contribution in [0.3, 0.4) is 0 Å².